The quantitative estimate of drug-likeness (QED) is 0.313. The van der Waals surface area contributed by atoms with Crippen molar-refractivity contribution in [2.75, 3.05) is 27.7 Å². The van der Waals surface area contributed by atoms with Crippen LogP contribution in [-0.2, 0) is 27.3 Å². The van der Waals surface area contributed by atoms with Crippen LogP contribution in [0.2, 0.25) is 5.02 Å². The van der Waals surface area contributed by atoms with E-state index in [1.54, 1.807) is 14.1 Å². The first kappa shape index (κ1) is 29.1. The minimum atomic E-state index is -2.66. The number of phenols is 1. The number of fused-ring (bicyclic) bond motifs is 3. The summed E-state index contributed by atoms with van der Waals surface area (Å²) in [7, 11) is 5.07. The van der Waals surface area contributed by atoms with E-state index in [0.29, 0.717) is 28.6 Å². The Kier molecular flexibility index (Phi) is 7.63. The number of Topliss-reactive ketones (excluding diaryl/α,β-unsaturated/α-hetero) is 2. The molecule has 0 bridgehead atoms. The van der Waals surface area contributed by atoms with Gasteiger partial charge in [0.2, 0.25) is 5.78 Å². The van der Waals surface area contributed by atoms with Gasteiger partial charge in [-0.25, -0.2) is 0 Å². The van der Waals surface area contributed by atoms with Crippen LogP contribution in [0.4, 0.5) is 0 Å². The number of primary amides is 1. The molecule has 6 N–H and O–H groups in total. The fourth-order valence-electron chi connectivity index (χ4n) is 6.31. The molecule has 0 unspecified atom stereocenters. The molecule has 11 heteroatoms. The van der Waals surface area contributed by atoms with Gasteiger partial charge in [-0.05, 0) is 76.0 Å². The van der Waals surface area contributed by atoms with Gasteiger partial charge in [-0.2, -0.15) is 0 Å². The summed E-state index contributed by atoms with van der Waals surface area (Å²) in [6, 6.07) is 0.325. The molecule has 10 nitrogen and oxygen atoms in total. The van der Waals surface area contributed by atoms with E-state index < -0.39 is 58.0 Å². The zero-order valence-corrected chi connectivity index (χ0v) is 23.5. The van der Waals surface area contributed by atoms with Gasteiger partial charge in [-0.1, -0.05) is 25.4 Å². The molecule has 0 radical (unpaired) electrons. The van der Waals surface area contributed by atoms with Gasteiger partial charge in [0.15, 0.2) is 11.4 Å². The van der Waals surface area contributed by atoms with E-state index in [9.17, 15) is 34.8 Å². The van der Waals surface area contributed by atoms with Crippen molar-refractivity contribution >= 4 is 34.8 Å². The zero-order chi connectivity index (χ0) is 29.1. The number of phenolic OH excluding ortho intramolecular Hbond substituents is 1. The molecule has 1 fully saturated rings. The predicted molar refractivity (Wildman–Crippen MR) is 145 cm³/mol. The minimum Gasteiger partial charge on any atom is -0.508 e. The average Bonchev–Trinajstić information content (AvgIpc) is 2.82. The molecule has 39 heavy (non-hydrogen) atoms. The van der Waals surface area contributed by atoms with Crippen molar-refractivity contribution in [3.8, 4) is 5.75 Å². The number of ketones is 2. The molecule has 0 heterocycles. The molecule has 3 aliphatic carbocycles. The van der Waals surface area contributed by atoms with Gasteiger partial charge < -0.3 is 31.1 Å². The molecule has 1 aromatic carbocycles. The second-order valence-corrected chi connectivity index (χ2v) is 12.0. The molecule has 1 aromatic rings. The molecule has 212 valence electrons. The third-order valence-corrected chi connectivity index (χ3v) is 8.73. The Morgan fingerprint density at radius 3 is 2.41 bits per heavy atom. The minimum absolute atomic E-state index is 0.00938. The number of likely N-dealkylation sites (N-methyl/N-ethyl adjacent to an activating group) is 1. The van der Waals surface area contributed by atoms with Crippen molar-refractivity contribution in [2.45, 2.75) is 51.3 Å². The van der Waals surface area contributed by atoms with Gasteiger partial charge in [0.25, 0.3) is 5.91 Å². The summed E-state index contributed by atoms with van der Waals surface area (Å²) in [5.74, 6) is -6.31. The fourth-order valence-corrected chi connectivity index (χ4v) is 6.60. The molecule has 4 rings (SSSR count). The molecule has 1 saturated carbocycles. The first-order chi connectivity index (χ1) is 18.1. The van der Waals surface area contributed by atoms with Crippen molar-refractivity contribution in [2.24, 2.45) is 23.5 Å². The number of carbonyl (C=O) groups excluding carboxylic acids is 3. The number of hydrogen-bond donors (Lipinski definition) is 5. The van der Waals surface area contributed by atoms with Crippen LogP contribution in [-0.4, -0.2) is 87.0 Å². The number of aliphatic hydroxyl groups is 3. The van der Waals surface area contributed by atoms with Crippen molar-refractivity contribution in [3.63, 3.8) is 0 Å². The van der Waals surface area contributed by atoms with Gasteiger partial charge in [-0.15, -0.1) is 0 Å². The monoisotopic (exact) mass is 561 g/mol. The first-order valence-corrected chi connectivity index (χ1v) is 13.4. The summed E-state index contributed by atoms with van der Waals surface area (Å²) in [6.45, 7) is 5.55. The van der Waals surface area contributed by atoms with Crippen molar-refractivity contribution < 1.29 is 34.8 Å². The molecule has 0 aromatic heterocycles. The third kappa shape index (κ3) is 4.53. The lowest BCUT2D eigenvalue weighted by atomic mass is 9.57. The van der Waals surface area contributed by atoms with E-state index in [0.717, 1.165) is 13.0 Å². The largest absolute Gasteiger partial charge is 0.508 e. The molecular formula is C28H36ClN3O7. The number of halogens is 1. The number of benzene rings is 1. The molecule has 0 spiro atoms. The Morgan fingerprint density at radius 2 is 1.85 bits per heavy atom. The SMILES string of the molecule is CC(C)CCN(C)Cc1cc(O)c2c(c1Cl)C[C@H]1C[C@H]3[C@H](N(C)C)C(=O)C(C(N)=O)=C(O)[C@@]3(O)C(=O)C1=C2O. The van der Waals surface area contributed by atoms with Crippen LogP contribution in [0.25, 0.3) is 5.76 Å². The Morgan fingerprint density at radius 1 is 1.21 bits per heavy atom. The van der Waals surface area contributed by atoms with Crippen LogP contribution in [0, 0.1) is 17.8 Å². The van der Waals surface area contributed by atoms with E-state index in [1.165, 1.54) is 11.0 Å². The Bertz CT molecular complexity index is 1320. The van der Waals surface area contributed by atoms with Gasteiger partial charge in [-0.3, -0.25) is 19.3 Å². The third-order valence-electron chi connectivity index (χ3n) is 8.26. The summed E-state index contributed by atoms with van der Waals surface area (Å²) in [5, 5.41) is 45.1. The Balaban J connectivity index is 1.83. The molecule has 1 amide bonds. The maximum atomic E-state index is 13.9. The van der Waals surface area contributed by atoms with Crippen molar-refractivity contribution in [3.05, 3.63) is 44.7 Å². The average molecular weight is 562 g/mol. The van der Waals surface area contributed by atoms with Gasteiger partial charge >= 0.3 is 0 Å². The number of carbonyl (C=O) groups is 3. The van der Waals surface area contributed by atoms with Gasteiger partial charge in [0.1, 0.15) is 22.8 Å². The Hall–Kier alpha value is -2.92. The number of amides is 1. The molecule has 0 aliphatic heterocycles. The molecular weight excluding hydrogens is 526 g/mol. The summed E-state index contributed by atoms with van der Waals surface area (Å²) in [4.78, 5) is 42.7. The van der Waals surface area contributed by atoms with E-state index in [1.807, 2.05) is 7.05 Å². The Labute approximate surface area is 232 Å². The number of nitrogens with two attached hydrogens (primary N) is 1. The van der Waals surface area contributed by atoms with Gasteiger partial charge in [0, 0.05) is 23.1 Å². The normalized spacial score (nSPS) is 26.9. The lowest BCUT2D eigenvalue weighted by Gasteiger charge is -2.50. The number of aromatic hydroxyl groups is 1. The molecule has 3 aliphatic rings. The smallest absolute Gasteiger partial charge is 0.255 e. The number of hydrogen-bond acceptors (Lipinski definition) is 9. The second kappa shape index (κ2) is 10.2. The lowest BCUT2D eigenvalue weighted by Crippen LogP contribution is -2.65. The lowest BCUT2D eigenvalue weighted by molar-refractivity contribution is -0.153. The van der Waals surface area contributed by atoms with Crippen LogP contribution < -0.4 is 5.73 Å². The summed E-state index contributed by atoms with van der Waals surface area (Å²) in [6.07, 6.45) is 1.16. The van der Waals surface area contributed by atoms with Crippen LogP contribution in [0.1, 0.15) is 43.4 Å². The molecule has 0 saturated heterocycles. The van der Waals surface area contributed by atoms with E-state index in [4.69, 9.17) is 17.3 Å². The fraction of sp³-hybridized carbons (Fsp3) is 0.536. The highest BCUT2D eigenvalue weighted by Crippen LogP contribution is 2.53. The first-order valence-electron chi connectivity index (χ1n) is 13.0. The van der Waals surface area contributed by atoms with Crippen LogP contribution in [0.3, 0.4) is 0 Å². The summed E-state index contributed by atoms with van der Waals surface area (Å²) >= 11 is 6.82. The van der Waals surface area contributed by atoms with Gasteiger partial charge in [0.05, 0.1) is 11.6 Å². The van der Waals surface area contributed by atoms with Crippen LogP contribution in [0.15, 0.2) is 23.0 Å². The predicted octanol–water partition coefficient (Wildman–Crippen LogP) is 2.10. The van der Waals surface area contributed by atoms with E-state index >= 15 is 0 Å². The summed E-state index contributed by atoms with van der Waals surface area (Å²) in [5.41, 5.74) is 2.77. The number of nitrogens with zero attached hydrogens (tertiary/aromatic N) is 2. The standard InChI is InChI=1S/C28H36ClN3O7/c1-12(2)6-7-32(5)11-14-10-17(33)19-15(21(14)29)8-13-9-16-22(31(3)4)24(35)20(27(30)38)26(37)28(16,39)25(36)18(13)23(19)34/h10,12-13,16,22,33-34,37,39H,6-9,11H2,1-5H3,(H2,30,38)/t13-,16-,22-,28-/m0/s1. The maximum absolute atomic E-state index is 13.9. The second-order valence-electron chi connectivity index (χ2n) is 11.6. The van der Waals surface area contributed by atoms with E-state index in [-0.39, 0.29) is 29.7 Å². The zero-order valence-electron chi connectivity index (χ0n) is 22.8. The van der Waals surface area contributed by atoms with Crippen LogP contribution in [0.5, 0.6) is 5.75 Å². The van der Waals surface area contributed by atoms with Crippen molar-refractivity contribution in [1.29, 1.82) is 0 Å². The number of rotatable bonds is 7. The summed E-state index contributed by atoms with van der Waals surface area (Å²) < 4.78 is 0. The van der Waals surface area contributed by atoms with Crippen molar-refractivity contribution in [1.82, 2.24) is 9.80 Å². The highest BCUT2D eigenvalue weighted by molar-refractivity contribution is 6.32. The van der Waals surface area contributed by atoms with E-state index in [2.05, 4.69) is 18.7 Å². The topological polar surface area (TPSA) is 165 Å². The van der Waals surface area contributed by atoms with Crippen LogP contribution >= 0.6 is 11.6 Å². The number of aliphatic hydroxyl groups excluding tert-OH is 2. The molecule has 4 atom stereocenters. The highest BCUT2D eigenvalue weighted by atomic mass is 35.5. The maximum Gasteiger partial charge on any atom is 0.255 e. The highest BCUT2D eigenvalue weighted by Gasteiger charge is 2.64.